The van der Waals surface area contributed by atoms with Crippen molar-refractivity contribution in [2.75, 3.05) is 25.1 Å². The van der Waals surface area contributed by atoms with Crippen molar-refractivity contribution >= 4 is 11.4 Å². The third-order valence-corrected chi connectivity index (χ3v) is 2.66. The Morgan fingerprint density at radius 2 is 2.25 bits per heavy atom. The molecule has 1 aromatic rings. The van der Waals surface area contributed by atoms with E-state index in [0.29, 0.717) is 18.0 Å². The number of hydrogen-bond acceptors (Lipinski definition) is 6. The van der Waals surface area contributed by atoms with Gasteiger partial charge in [0, 0.05) is 18.7 Å². The molecule has 1 rings (SSSR count). The first kappa shape index (κ1) is 16.2. The molecular weight excluding hydrogens is 264 g/mol. The third-order valence-electron chi connectivity index (χ3n) is 2.66. The molecule has 0 radical (unpaired) electrons. The Morgan fingerprint density at radius 1 is 1.50 bits per heavy atom. The first-order chi connectivity index (χ1) is 9.58. The molecule has 0 aromatic heterocycles. The van der Waals surface area contributed by atoms with Crippen LogP contribution in [-0.4, -0.2) is 41.0 Å². The molecule has 0 aliphatic carbocycles. The first-order valence-electron chi connectivity index (χ1n) is 6.52. The van der Waals surface area contributed by atoms with Crippen LogP contribution < -0.4 is 10.1 Å². The summed E-state index contributed by atoms with van der Waals surface area (Å²) >= 11 is 0. The smallest absolute Gasteiger partial charge is 0.292 e. The number of hydrogen-bond donors (Lipinski definition) is 3. The summed E-state index contributed by atoms with van der Waals surface area (Å²) in [4.78, 5) is 10.5. The van der Waals surface area contributed by atoms with Crippen LogP contribution in [0.15, 0.2) is 18.2 Å². The maximum Gasteiger partial charge on any atom is 0.292 e. The number of nitrogens with zero attached hydrogens (tertiary/aromatic N) is 1. The topological polar surface area (TPSA) is 105 Å². The summed E-state index contributed by atoms with van der Waals surface area (Å²) in [6.07, 6.45) is 0.923. The Morgan fingerprint density at radius 3 is 2.85 bits per heavy atom. The molecule has 7 heteroatoms. The summed E-state index contributed by atoms with van der Waals surface area (Å²) in [5, 5.41) is 31.8. The van der Waals surface area contributed by atoms with E-state index in [0.717, 1.165) is 12.8 Å². The maximum atomic E-state index is 10.9. The van der Waals surface area contributed by atoms with Crippen molar-refractivity contribution in [1.29, 1.82) is 0 Å². The predicted molar refractivity (Wildman–Crippen MR) is 75.1 cm³/mol. The summed E-state index contributed by atoms with van der Waals surface area (Å²) in [5.41, 5.74) is 0.371. The Bertz CT molecular complexity index is 439. The number of anilines is 1. The zero-order valence-electron chi connectivity index (χ0n) is 11.4. The van der Waals surface area contributed by atoms with E-state index in [-0.39, 0.29) is 12.3 Å². The number of aliphatic hydroxyl groups is 2. The Labute approximate surface area is 117 Å². The zero-order chi connectivity index (χ0) is 15.0. The summed E-state index contributed by atoms with van der Waals surface area (Å²) in [5.74, 6) is 0.405. The monoisotopic (exact) mass is 284 g/mol. The summed E-state index contributed by atoms with van der Waals surface area (Å²) in [7, 11) is 0. The molecule has 3 N–H and O–H groups in total. The average molecular weight is 284 g/mol. The number of nitro benzene ring substituents is 1. The highest BCUT2D eigenvalue weighted by molar-refractivity contribution is 5.64. The van der Waals surface area contributed by atoms with Crippen molar-refractivity contribution in [3.05, 3.63) is 28.3 Å². The third kappa shape index (κ3) is 5.02. The van der Waals surface area contributed by atoms with Gasteiger partial charge in [-0.1, -0.05) is 13.3 Å². The van der Waals surface area contributed by atoms with Gasteiger partial charge >= 0.3 is 0 Å². The first-order valence-corrected chi connectivity index (χ1v) is 6.52. The van der Waals surface area contributed by atoms with Gasteiger partial charge < -0.3 is 20.3 Å². The van der Waals surface area contributed by atoms with Gasteiger partial charge in [0.25, 0.3) is 5.69 Å². The van der Waals surface area contributed by atoms with Crippen molar-refractivity contribution in [3.8, 4) is 5.75 Å². The van der Waals surface area contributed by atoms with Gasteiger partial charge in [-0.2, -0.15) is 0 Å². The lowest BCUT2D eigenvalue weighted by molar-refractivity contribution is -0.384. The van der Waals surface area contributed by atoms with Gasteiger partial charge in [-0.15, -0.1) is 0 Å². The van der Waals surface area contributed by atoms with E-state index < -0.39 is 17.6 Å². The van der Waals surface area contributed by atoms with Crippen molar-refractivity contribution in [2.24, 2.45) is 0 Å². The van der Waals surface area contributed by atoms with Crippen molar-refractivity contribution < 1.29 is 19.9 Å². The lowest BCUT2D eigenvalue weighted by atomic mass is 10.2. The molecule has 0 heterocycles. The van der Waals surface area contributed by atoms with Crippen LogP contribution in [0.4, 0.5) is 11.4 Å². The van der Waals surface area contributed by atoms with E-state index in [1.807, 2.05) is 6.92 Å². The molecule has 7 nitrogen and oxygen atoms in total. The van der Waals surface area contributed by atoms with Crippen LogP contribution in [0, 0.1) is 10.1 Å². The van der Waals surface area contributed by atoms with Gasteiger partial charge in [0.1, 0.15) is 24.1 Å². The number of nitrogens with one attached hydrogen (secondary N) is 1. The average Bonchev–Trinajstić information content (AvgIpc) is 2.44. The minimum Gasteiger partial charge on any atom is -0.491 e. The van der Waals surface area contributed by atoms with E-state index in [1.165, 1.54) is 18.2 Å². The number of nitro groups is 1. The lowest BCUT2D eigenvalue weighted by Gasteiger charge is -2.12. The molecule has 20 heavy (non-hydrogen) atoms. The van der Waals surface area contributed by atoms with E-state index in [9.17, 15) is 15.2 Å². The Balaban J connectivity index is 2.78. The minimum atomic E-state index is -0.971. The van der Waals surface area contributed by atoms with Gasteiger partial charge in [-0.25, -0.2) is 0 Å². The fourth-order valence-electron chi connectivity index (χ4n) is 1.55. The second-order valence-electron chi connectivity index (χ2n) is 4.36. The normalized spacial score (nSPS) is 11.9. The molecule has 0 aliphatic rings. The second kappa shape index (κ2) is 8.34. The van der Waals surface area contributed by atoms with E-state index >= 15 is 0 Å². The van der Waals surface area contributed by atoms with Gasteiger partial charge in [-0.3, -0.25) is 10.1 Å². The SMILES string of the molecule is CCCCNc1cc(OCC(O)CO)ccc1[N+](=O)[O-]. The van der Waals surface area contributed by atoms with Crippen LogP contribution in [0.3, 0.4) is 0 Å². The van der Waals surface area contributed by atoms with Gasteiger partial charge in [0.15, 0.2) is 0 Å². The van der Waals surface area contributed by atoms with Crippen LogP contribution >= 0.6 is 0 Å². The van der Waals surface area contributed by atoms with E-state index in [4.69, 9.17) is 9.84 Å². The molecule has 112 valence electrons. The number of rotatable bonds is 9. The molecule has 0 aliphatic heterocycles. The van der Waals surface area contributed by atoms with Crippen LogP contribution in [0.2, 0.25) is 0 Å². The standard InChI is InChI=1S/C13H20N2O5/c1-2-3-6-14-12-7-11(20-9-10(17)8-16)4-5-13(12)15(18)19/h4-5,7,10,14,16-17H,2-3,6,8-9H2,1H3. The summed E-state index contributed by atoms with van der Waals surface area (Å²) < 4.78 is 5.27. The lowest BCUT2D eigenvalue weighted by Crippen LogP contribution is -2.21. The van der Waals surface area contributed by atoms with Crippen molar-refractivity contribution in [3.63, 3.8) is 0 Å². The molecule has 0 bridgehead atoms. The van der Waals surface area contributed by atoms with Gasteiger partial charge in [0.2, 0.25) is 0 Å². The highest BCUT2D eigenvalue weighted by Crippen LogP contribution is 2.29. The number of ether oxygens (including phenoxy) is 1. The van der Waals surface area contributed by atoms with Crippen LogP contribution in [0.1, 0.15) is 19.8 Å². The molecule has 0 fully saturated rings. The molecule has 0 spiro atoms. The van der Waals surface area contributed by atoms with Gasteiger partial charge in [0.05, 0.1) is 11.5 Å². The highest BCUT2D eigenvalue weighted by atomic mass is 16.6. The Kier molecular flexibility index (Phi) is 6.75. The molecule has 0 saturated heterocycles. The fraction of sp³-hybridized carbons (Fsp3) is 0.538. The summed E-state index contributed by atoms with van der Waals surface area (Å²) in [6, 6.07) is 4.35. The number of unbranched alkanes of at least 4 members (excludes halogenated alkanes) is 1. The molecular formula is C13H20N2O5. The quantitative estimate of drug-likeness (QED) is 0.361. The highest BCUT2D eigenvalue weighted by Gasteiger charge is 2.14. The van der Waals surface area contributed by atoms with Crippen molar-refractivity contribution in [2.45, 2.75) is 25.9 Å². The second-order valence-corrected chi connectivity index (χ2v) is 4.36. The molecule has 1 aromatic carbocycles. The van der Waals surface area contributed by atoms with Crippen molar-refractivity contribution in [1.82, 2.24) is 0 Å². The van der Waals surface area contributed by atoms with Crippen LogP contribution in [0.5, 0.6) is 5.75 Å². The predicted octanol–water partition coefficient (Wildman–Crippen LogP) is 1.54. The molecule has 0 saturated carbocycles. The number of aliphatic hydroxyl groups excluding tert-OH is 2. The number of benzene rings is 1. The van der Waals surface area contributed by atoms with Gasteiger partial charge in [-0.05, 0) is 12.5 Å². The van der Waals surface area contributed by atoms with Crippen LogP contribution in [0.25, 0.3) is 0 Å². The van der Waals surface area contributed by atoms with E-state index in [2.05, 4.69) is 5.32 Å². The van der Waals surface area contributed by atoms with Crippen LogP contribution in [-0.2, 0) is 0 Å². The maximum absolute atomic E-state index is 10.9. The fourth-order valence-corrected chi connectivity index (χ4v) is 1.55. The minimum absolute atomic E-state index is 0.0174. The van der Waals surface area contributed by atoms with E-state index in [1.54, 1.807) is 0 Å². The molecule has 1 atom stereocenters. The summed E-state index contributed by atoms with van der Waals surface area (Å²) in [6.45, 7) is 2.21. The zero-order valence-corrected chi connectivity index (χ0v) is 11.4. The Hall–Kier alpha value is -1.86. The molecule has 0 amide bonds. The molecule has 1 unspecified atom stereocenters. The largest absolute Gasteiger partial charge is 0.491 e.